The van der Waals surface area contributed by atoms with Crippen molar-refractivity contribution in [2.24, 2.45) is 11.5 Å². The van der Waals surface area contributed by atoms with Crippen molar-refractivity contribution in [3.8, 4) is 0 Å². The van der Waals surface area contributed by atoms with Gasteiger partial charge in [-0.15, -0.1) is 0 Å². The van der Waals surface area contributed by atoms with E-state index in [1.165, 1.54) is 0 Å². The van der Waals surface area contributed by atoms with Crippen LogP contribution in [0.3, 0.4) is 0 Å². The summed E-state index contributed by atoms with van der Waals surface area (Å²) in [5, 5.41) is 0. The van der Waals surface area contributed by atoms with Crippen LogP contribution in [0.2, 0.25) is 0 Å². The van der Waals surface area contributed by atoms with Crippen molar-refractivity contribution in [3.63, 3.8) is 0 Å². The predicted octanol–water partition coefficient (Wildman–Crippen LogP) is -0.706. The molecule has 0 atom stereocenters. The van der Waals surface area contributed by atoms with Crippen LogP contribution in [0.4, 0.5) is 0 Å². The average molecular weight is 80.2 g/mol. The molecule has 0 fully saturated rings. The topological polar surface area (TPSA) is 52.0 Å². The van der Waals surface area contributed by atoms with Gasteiger partial charge in [0.25, 0.3) is 0 Å². The van der Waals surface area contributed by atoms with Gasteiger partial charge in [0.2, 0.25) is 0 Å². The van der Waals surface area contributed by atoms with Crippen LogP contribution in [0.15, 0.2) is 0 Å². The fourth-order valence-corrected chi connectivity index (χ4v) is 0.0417. The van der Waals surface area contributed by atoms with E-state index in [1.807, 2.05) is 0 Å². The van der Waals surface area contributed by atoms with Crippen molar-refractivity contribution >= 4 is 0 Å². The standard InChI is InChI=1S/C3H10N2/c4-2-1-3-5/h1-5H2/i1D2,2D2,3D2. The minimum absolute atomic E-state index is 2.79. The van der Waals surface area contributed by atoms with Crippen LogP contribution in [-0.4, -0.2) is 13.0 Å². The fourth-order valence-electron chi connectivity index (χ4n) is 0.0417. The van der Waals surface area contributed by atoms with Gasteiger partial charge in [-0.2, -0.15) is 0 Å². The summed E-state index contributed by atoms with van der Waals surface area (Å²) in [7, 11) is 0. The Morgan fingerprint density at radius 2 is 1.80 bits per heavy atom. The van der Waals surface area contributed by atoms with E-state index in [9.17, 15) is 0 Å². The molecule has 4 N–H and O–H groups in total. The number of rotatable bonds is 2. The highest BCUT2D eigenvalue weighted by Crippen LogP contribution is 1.58. The summed E-state index contributed by atoms with van der Waals surface area (Å²) in [5.74, 6) is 0. The molecule has 0 rings (SSSR count). The quantitative estimate of drug-likeness (QED) is 0.460. The van der Waals surface area contributed by atoms with Crippen LogP contribution < -0.4 is 11.5 Å². The number of nitrogens with two attached hydrogens (primary N) is 2. The van der Waals surface area contributed by atoms with Crippen LogP contribution in [0, 0.1) is 0 Å². The molecule has 0 aromatic rings. The lowest BCUT2D eigenvalue weighted by atomic mass is 10.4. The van der Waals surface area contributed by atoms with E-state index in [4.69, 9.17) is 19.7 Å². The van der Waals surface area contributed by atoms with Crippen molar-refractivity contribution in [2.75, 3.05) is 13.0 Å². The number of hydrogen-bond acceptors (Lipinski definition) is 2. The summed E-state index contributed by atoms with van der Waals surface area (Å²) in [4.78, 5) is 0. The van der Waals surface area contributed by atoms with Gasteiger partial charge in [-0.3, -0.25) is 0 Å². The monoisotopic (exact) mass is 80.1 g/mol. The van der Waals surface area contributed by atoms with E-state index in [2.05, 4.69) is 0 Å². The molecule has 0 radical (unpaired) electrons. The van der Waals surface area contributed by atoms with Gasteiger partial charge >= 0.3 is 0 Å². The maximum Gasteiger partial charge on any atom is 0.0426 e. The van der Waals surface area contributed by atoms with Gasteiger partial charge in [-0.1, -0.05) is 0 Å². The largest absolute Gasteiger partial charge is 0.330 e. The molecular weight excluding hydrogens is 64.0 g/mol. The van der Waals surface area contributed by atoms with Crippen molar-refractivity contribution in [2.45, 2.75) is 6.37 Å². The van der Waals surface area contributed by atoms with Crippen molar-refractivity contribution in [1.82, 2.24) is 0 Å². The minimum atomic E-state index is -2.90. The Kier molecular flexibility index (Phi) is 0.602. The molecular formula is C3H10N2. The predicted molar refractivity (Wildman–Crippen MR) is 22.7 cm³/mol. The van der Waals surface area contributed by atoms with E-state index in [0.29, 0.717) is 0 Å². The third kappa shape index (κ3) is 3.92. The van der Waals surface area contributed by atoms with Gasteiger partial charge in [-0.05, 0) is 19.4 Å². The van der Waals surface area contributed by atoms with Crippen LogP contribution in [0.5, 0.6) is 0 Å². The Balaban J connectivity index is 4.75. The second-order valence-electron chi connectivity index (χ2n) is 0.414. The third-order valence-electron chi connectivity index (χ3n) is 0.144. The first-order valence-electron chi connectivity index (χ1n) is 4.08. The first-order valence-corrected chi connectivity index (χ1v) is 1.08. The zero-order chi connectivity index (χ0) is 9.50. The Morgan fingerprint density at radius 1 is 1.40 bits per heavy atom. The zero-order valence-corrected chi connectivity index (χ0v) is 2.65. The highest BCUT2D eigenvalue weighted by atomic mass is 14.6. The molecule has 0 saturated carbocycles. The second kappa shape index (κ2) is 3.92. The molecule has 0 spiro atoms. The maximum atomic E-state index is 6.90. The summed E-state index contributed by atoms with van der Waals surface area (Å²) in [6.45, 7) is -5.57. The van der Waals surface area contributed by atoms with Gasteiger partial charge in [-0.25, -0.2) is 0 Å². The highest BCUT2D eigenvalue weighted by Gasteiger charge is 1.67. The third-order valence-corrected chi connectivity index (χ3v) is 0.144. The lowest BCUT2D eigenvalue weighted by Crippen LogP contribution is -2.06. The van der Waals surface area contributed by atoms with E-state index in [1.54, 1.807) is 0 Å². The highest BCUT2D eigenvalue weighted by molar-refractivity contribution is 4.33. The van der Waals surface area contributed by atoms with Crippen molar-refractivity contribution in [1.29, 1.82) is 0 Å². The normalized spacial score (nSPS) is 34.8. The Morgan fingerprint density at radius 3 is 1.80 bits per heavy atom. The van der Waals surface area contributed by atoms with Gasteiger partial charge in [0, 0.05) is 8.22 Å². The van der Waals surface area contributed by atoms with Crippen LogP contribution in [0.25, 0.3) is 0 Å². The first kappa shape index (κ1) is 0.768. The molecule has 5 heavy (non-hydrogen) atoms. The number of hydrogen-bond donors (Lipinski definition) is 2. The molecule has 32 valence electrons. The SMILES string of the molecule is [2H]C([2H])(N)C([2H])([2H])C([2H])([2H])N. The van der Waals surface area contributed by atoms with E-state index < -0.39 is 19.4 Å². The van der Waals surface area contributed by atoms with Gasteiger partial charge < -0.3 is 11.5 Å². The summed E-state index contributed by atoms with van der Waals surface area (Å²) in [6, 6.07) is 0. The van der Waals surface area contributed by atoms with E-state index >= 15 is 0 Å². The molecule has 0 heterocycles. The molecule has 0 aliphatic rings. The zero-order valence-electron chi connectivity index (χ0n) is 8.65. The molecule has 0 aromatic carbocycles. The molecule has 0 amide bonds. The van der Waals surface area contributed by atoms with E-state index in [0.717, 1.165) is 0 Å². The smallest absolute Gasteiger partial charge is 0.0426 e. The molecule has 0 aromatic heterocycles. The molecule has 2 nitrogen and oxygen atoms in total. The molecule has 0 bridgehead atoms. The van der Waals surface area contributed by atoms with Gasteiger partial charge in [0.05, 0.1) is 0 Å². The van der Waals surface area contributed by atoms with Gasteiger partial charge in [0.15, 0.2) is 0 Å². The summed E-state index contributed by atoms with van der Waals surface area (Å²) in [6.07, 6.45) is -2.90. The molecule has 0 unspecified atom stereocenters. The van der Waals surface area contributed by atoms with Crippen molar-refractivity contribution < 1.29 is 8.22 Å². The second-order valence-corrected chi connectivity index (χ2v) is 0.414. The minimum Gasteiger partial charge on any atom is -0.330 e. The molecule has 2 heteroatoms. The van der Waals surface area contributed by atoms with E-state index in [-0.39, 0.29) is 0 Å². The molecule has 0 aliphatic heterocycles. The fraction of sp³-hybridized carbons (Fsp3) is 1.00. The molecule has 0 saturated heterocycles. The average Bonchev–Trinajstić information content (AvgIpc) is 1.58. The summed E-state index contributed by atoms with van der Waals surface area (Å²) >= 11 is 0. The summed E-state index contributed by atoms with van der Waals surface area (Å²) in [5.41, 5.74) is 9.48. The van der Waals surface area contributed by atoms with Crippen LogP contribution in [0.1, 0.15) is 14.6 Å². The maximum absolute atomic E-state index is 6.90. The van der Waals surface area contributed by atoms with Crippen molar-refractivity contribution in [3.05, 3.63) is 0 Å². The lowest BCUT2D eigenvalue weighted by molar-refractivity contribution is 0.844. The Labute approximate surface area is 40.6 Å². The molecule has 0 aliphatic carbocycles. The summed E-state index contributed by atoms with van der Waals surface area (Å²) < 4.78 is 40.8. The Hall–Kier alpha value is -0.0800. The first-order chi connectivity index (χ1) is 4.50. The van der Waals surface area contributed by atoms with Gasteiger partial charge in [0.1, 0.15) is 0 Å². The van der Waals surface area contributed by atoms with Crippen LogP contribution in [-0.2, 0) is 0 Å². The van der Waals surface area contributed by atoms with Crippen LogP contribution >= 0.6 is 0 Å². The lowest BCUT2D eigenvalue weighted by Gasteiger charge is -1.81. The Bertz CT molecular complexity index is 127.